The van der Waals surface area contributed by atoms with Crippen molar-refractivity contribution in [3.05, 3.63) is 29.6 Å². The summed E-state index contributed by atoms with van der Waals surface area (Å²) in [6.45, 7) is 3.32. The first-order valence-electron chi connectivity index (χ1n) is 7.02. The van der Waals surface area contributed by atoms with Gasteiger partial charge >= 0.3 is 5.97 Å². The maximum atomic E-state index is 11.3. The molecule has 102 valence electrons. The largest absolute Gasteiger partial charge is 0.465 e. The van der Waals surface area contributed by atoms with Gasteiger partial charge < -0.3 is 4.74 Å². The summed E-state index contributed by atoms with van der Waals surface area (Å²) in [5.41, 5.74) is 1.55. The molecule has 2 fully saturated rings. The molecule has 0 amide bonds. The maximum absolute atomic E-state index is 11.3. The van der Waals surface area contributed by atoms with Gasteiger partial charge in [0.25, 0.3) is 0 Å². The Morgan fingerprint density at radius 1 is 1.37 bits per heavy atom. The predicted octanol–water partition coefficient (Wildman–Crippen LogP) is 2.10. The second-order valence-corrected chi connectivity index (χ2v) is 5.67. The van der Waals surface area contributed by atoms with E-state index in [9.17, 15) is 4.79 Å². The summed E-state index contributed by atoms with van der Waals surface area (Å²) < 4.78 is 4.67. The number of pyridine rings is 1. The highest BCUT2D eigenvalue weighted by Gasteiger charge is 2.35. The van der Waals surface area contributed by atoms with Crippen LogP contribution in [-0.4, -0.2) is 36.1 Å². The molecule has 1 saturated heterocycles. The Bertz CT molecular complexity index is 446. The fourth-order valence-electron chi connectivity index (χ4n) is 3.45. The van der Waals surface area contributed by atoms with Crippen LogP contribution in [0.25, 0.3) is 0 Å². The fraction of sp³-hybridized carbons (Fsp3) is 0.600. The van der Waals surface area contributed by atoms with E-state index in [1.165, 1.54) is 39.5 Å². The summed E-state index contributed by atoms with van der Waals surface area (Å²) in [6, 6.07) is 3.73. The van der Waals surface area contributed by atoms with Gasteiger partial charge in [-0.3, -0.25) is 9.88 Å². The minimum absolute atomic E-state index is 0.324. The molecule has 4 heteroatoms. The maximum Gasteiger partial charge on any atom is 0.339 e. The van der Waals surface area contributed by atoms with E-state index in [0.29, 0.717) is 5.56 Å². The van der Waals surface area contributed by atoms with Gasteiger partial charge in [-0.2, -0.15) is 0 Å². The van der Waals surface area contributed by atoms with Crippen LogP contribution in [0, 0.1) is 11.8 Å². The molecule has 0 aromatic carbocycles. The molecule has 2 heterocycles. The lowest BCUT2D eigenvalue weighted by atomic mass is 10.0. The van der Waals surface area contributed by atoms with Crippen molar-refractivity contribution in [1.82, 2.24) is 9.88 Å². The van der Waals surface area contributed by atoms with Crippen LogP contribution in [0.3, 0.4) is 0 Å². The Balaban J connectivity index is 1.60. The first-order chi connectivity index (χ1) is 9.26. The number of likely N-dealkylation sites (tertiary alicyclic amines) is 1. The number of hydrogen-bond acceptors (Lipinski definition) is 4. The van der Waals surface area contributed by atoms with Gasteiger partial charge in [0.1, 0.15) is 0 Å². The van der Waals surface area contributed by atoms with Gasteiger partial charge in [-0.1, -0.05) is 6.42 Å². The molecule has 1 aliphatic carbocycles. The Labute approximate surface area is 113 Å². The minimum atomic E-state index is -0.324. The number of esters is 1. The quantitative estimate of drug-likeness (QED) is 0.781. The van der Waals surface area contributed by atoms with Gasteiger partial charge in [0.15, 0.2) is 0 Å². The average molecular weight is 260 g/mol. The molecule has 19 heavy (non-hydrogen) atoms. The van der Waals surface area contributed by atoms with Crippen molar-refractivity contribution in [2.45, 2.75) is 25.8 Å². The van der Waals surface area contributed by atoms with E-state index in [1.807, 2.05) is 6.07 Å². The summed E-state index contributed by atoms with van der Waals surface area (Å²) in [7, 11) is 1.39. The molecular weight excluding hydrogens is 240 g/mol. The molecule has 0 N–H and O–H groups in total. The Hall–Kier alpha value is -1.42. The molecular formula is C15H20N2O2. The number of rotatable bonds is 3. The molecule has 2 unspecified atom stereocenters. The zero-order chi connectivity index (χ0) is 13.2. The second-order valence-electron chi connectivity index (χ2n) is 5.67. The van der Waals surface area contributed by atoms with Gasteiger partial charge in [-0.15, -0.1) is 0 Å². The number of carbonyl (C=O) groups excluding carboxylic acids is 1. The van der Waals surface area contributed by atoms with E-state index in [0.717, 1.165) is 24.1 Å². The lowest BCUT2D eigenvalue weighted by Crippen LogP contribution is -2.21. The first-order valence-corrected chi connectivity index (χ1v) is 7.02. The van der Waals surface area contributed by atoms with E-state index in [4.69, 9.17) is 0 Å². The standard InChI is InChI=1S/C15H20N2O2/c1-19-15(18)11-5-6-14(16-7-11)10-17-8-12-3-2-4-13(12)9-17/h5-7,12-13H,2-4,8-10H2,1H3. The number of hydrogen-bond donors (Lipinski definition) is 0. The molecule has 1 saturated carbocycles. The number of nitrogens with zero attached hydrogens (tertiary/aromatic N) is 2. The van der Waals surface area contributed by atoms with Crippen molar-refractivity contribution in [3.63, 3.8) is 0 Å². The summed E-state index contributed by atoms with van der Waals surface area (Å²) >= 11 is 0. The molecule has 1 aromatic rings. The molecule has 2 aliphatic rings. The zero-order valence-corrected chi connectivity index (χ0v) is 11.3. The monoisotopic (exact) mass is 260 g/mol. The third-order valence-electron chi connectivity index (χ3n) is 4.43. The van der Waals surface area contributed by atoms with Gasteiger partial charge in [0.2, 0.25) is 0 Å². The van der Waals surface area contributed by atoms with Crippen LogP contribution in [0.15, 0.2) is 18.3 Å². The molecule has 0 radical (unpaired) electrons. The van der Waals surface area contributed by atoms with Crippen molar-refractivity contribution < 1.29 is 9.53 Å². The summed E-state index contributed by atoms with van der Waals surface area (Å²) in [5.74, 6) is 1.50. The van der Waals surface area contributed by atoms with Crippen molar-refractivity contribution in [1.29, 1.82) is 0 Å². The average Bonchev–Trinajstić information content (AvgIpc) is 2.99. The van der Waals surface area contributed by atoms with Crippen molar-refractivity contribution in [3.8, 4) is 0 Å². The van der Waals surface area contributed by atoms with Crippen molar-refractivity contribution in [2.24, 2.45) is 11.8 Å². The molecule has 1 aromatic heterocycles. The normalized spacial score (nSPS) is 26.4. The van der Waals surface area contributed by atoms with Crippen LogP contribution in [0.1, 0.15) is 35.3 Å². The molecule has 4 nitrogen and oxygen atoms in total. The Kier molecular flexibility index (Phi) is 3.51. The molecule has 0 spiro atoms. The first kappa shape index (κ1) is 12.6. The third-order valence-corrected chi connectivity index (χ3v) is 4.43. The molecule has 0 bridgehead atoms. The van der Waals surface area contributed by atoms with Crippen LogP contribution in [0.5, 0.6) is 0 Å². The number of fused-ring (bicyclic) bond motifs is 1. The van der Waals surface area contributed by atoms with Gasteiger partial charge in [-0.25, -0.2) is 4.79 Å². The highest BCUT2D eigenvalue weighted by atomic mass is 16.5. The highest BCUT2D eigenvalue weighted by molar-refractivity contribution is 5.88. The topological polar surface area (TPSA) is 42.4 Å². The Morgan fingerprint density at radius 2 is 2.11 bits per heavy atom. The van der Waals surface area contributed by atoms with E-state index in [2.05, 4.69) is 14.6 Å². The number of aromatic nitrogens is 1. The highest BCUT2D eigenvalue weighted by Crippen LogP contribution is 2.37. The molecule has 2 atom stereocenters. The zero-order valence-electron chi connectivity index (χ0n) is 11.3. The van der Waals surface area contributed by atoms with E-state index in [-0.39, 0.29) is 5.97 Å². The van der Waals surface area contributed by atoms with Crippen LogP contribution in [0.2, 0.25) is 0 Å². The summed E-state index contributed by atoms with van der Waals surface area (Å²) in [5, 5.41) is 0. The van der Waals surface area contributed by atoms with E-state index >= 15 is 0 Å². The van der Waals surface area contributed by atoms with Crippen molar-refractivity contribution in [2.75, 3.05) is 20.2 Å². The van der Waals surface area contributed by atoms with Gasteiger partial charge in [0.05, 0.1) is 18.4 Å². The fourth-order valence-corrected chi connectivity index (χ4v) is 3.45. The molecule has 1 aliphatic heterocycles. The third kappa shape index (κ3) is 2.63. The van der Waals surface area contributed by atoms with Crippen LogP contribution >= 0.6 is 0 Å². The lowest BCUT2D eigenvalue weighted by Gasteiger charge is -2.16. The smallest absolute Gasteiger partial charge is 0.339 e. The van der Waals surface area contributed by atoms with Gasteiger partial charge in [-0.05, 0) is 36.8 Å². The minimum Gasteiger partial charge on any atom is -0.465 e. The Morgan fingerprint density at radius 3 is 2.68 bits per heavy atom. The number of methoxy groups -OCH3 is 1. The van der Waals surface area contributed by atoms with Crippen LogP contribution in [-0.2, 0) is 11.3 Å². The van der Waals surface area contributed by atoms with E-state index in [1.54, 1.807) is 12.3 Å². The predicted molar refractivity (Wildman–Crippen MR) is 71.7 cm³/mol. The number of carbonyl (C=O) groups is 1. The second kappa shape index (κ2) is 5.29. The molecule has 3 rings (SSSR count). The van der Waals surface area contributed by atoms with Gasteiger partial charge in [0, 0.05) is 25.8 Å². The van der Waals surface area contributed by atoms with Crippen molar-refractivity contribution >= 4 is 5.97 Å². The van der Waals surface area contributed by atoms with Crippen LogP contribution in [0.4, 0.5) is 0 Å². The summed E-state index contributed by atoms with van der Waals surface area (Å²) in [4.78, 5) is 18.2. The summed E-state index contributed by atoms with van der Waals surface area (Å²) in [6.07, 6.45) is 5.82. The van der Waals surface area contributed by atoms with Crippen LogP contribution < -0.4 is 0 Å². The SMILES string of the molecule is COC(=O)c1ccc(CN2CC3CCCC3C2)nc1. The lowest BCUT2D eigenvalue weighted by molar-refractivity contribution is 0.0600. The van der Waals surface area contributed by atoms with E-state index < -0.39 is 0 Å². The number of ether oxygens (including phenoxy) is 1.